The van der Waals surface area contributed by atoms with Gasteiger partial charge in [0.1, 0.15) is 0 Å². The Balaban J connectivity index is 1.71. The molecule has 0 unspecified atom stereocenters. The lowest BCUT2D eigenvalue weighted by Crippen LogP contribution is -2.34. The van der Waals surface area contributed by atoms with Crippen LogP contribution in [0.1, 0.15) is 41.7 Å². The minimum absolute atomic E-state index is 0.0661. The largest absolute Gasteiger partial charge is 0.342 e. The third-order valence-electron chi connectivity index (χ3n) is 4.15. The second-order valence-corrected chi connectivity index (χ2v) is 6.08. The second kappa shape index (κ2) is 6.87. The summed E-state index contributed by atoms with van der Waals surface area (Å²) in [4.78, 5) is 17.6. The van der Waals surface area contributed by atoms with Gasteiger partial charge in [0.15, 0.2) is 10.9 Å². The molecular formula is C18H19N3OS. The molecule has 0 saturated carbocycles. The number of hydrogen-bond acceptors (Lipinski definition) is 3. The van der Waals surface area contributed by atoms with E-state index in [0.717, 1.165) is 30.2 Å². The molecule has 1 N–H and O–H groups in total. The van der Waals surface area contributed by atoms with Gasteiger partial charge in [-0.1, -0.05) is 0 Å². The van der Waals surface area contributed by atoms with Crippen LogP contribution in [0.15, 0.2) is 48.8 Å². The number of ketones is 1. The summed E-state index contributed by atoms with van der Waals surface area (Å²) in [6, 6.07) is 11.8. The number of anilines is 1. The van der Waals surface area contributed by atoms with Crippen molar-refractivity contribution >= 4 is 28.8 Å². The number of nitrogens with one attached hydrogen (secondary N) is 1. The van der Waals surface area contributed by atoms with Crippen molar-refractivity contribution in [3.8, 4) is 0 Å². The maximum Gasteiger partial charge on any atom is 0.173 e. The quantitative estimate of drug-likeness (QED) is 0.686. The number of benzene rings is 1. The van der Waals surface area contributed by atoms with Gasteiger partial charge in [0, 0.05) is 30.2 Å². The van der Waals surface area contributed by atoms with Crippen LogP contribution >= 0.6 is 12.2 Å². The Bertz CT molecular complexity index is 700. The molecule has 2 heterocycles. The van der Waals surface area contributed by atoms with Crippen LogP contribution in [0.25, 0.3) is 0 Å². The Morgan fingerprint density at radius 2 is 1.91 bits per heavy atom. The van der Waals surface area contributed by atoms with Crippen LogP contribution in [0.3, 0.4) is 0 Å². The van der Waals surface area contributed by atoms with Gasteiger partial charge in [0.2, 0.25) is 0 Å². The Morgan fingerprint density at radius 1 is 1.22 bits per heavy atom. The maximum absolute atomic E-state index is 11.3. The number of thiocarbonyl (C=S) groups is 1. The molecule has 118 valence electrons. The number of likely N-dealkylation sites (tertiary alicyclic amines) is 1. The van der Waals surface area contributed by atoms with E-state index in [0.29, 0.717) is 11.6 Å². The average Bonchev–Trinajstić information content (AvgIpc) is 3.06. The molecule has 0 amide bonds. The van der Waals surface area contributed by atoms with Crippen molar-refractivity contribution in [1.29, 1.82) is 0 Å². The molecule has 1 aromatic heterocycles. The fraction of sp³-hybridized carbons (Fsp3) is 0.278. The summed E-state index contributed by atoms with van der Waals surface area (Å²) < 4.78 is 0. The van der Waals surface area contributed by atoms with Gasteiger partial charge in [-0.15, -0.1) is 0 Å². The van der Waals surface area contributed by atoms with E-state index in [1.165, 1.54) is 5.56 Å². The lowest BCUT2D eigenvalue weighted by Gasteiger charge is -2.28. The first-order valence-electron chi connectivity index (χ1n) is 7.73. The van der Waals surface area contributed by atoms with Crippen LogP contribution in [-0.2, 0) is 0 Å². The smallest absolute Gasteiger partial charge is 0.173 e. The summed E-state index contributed by atoms with van der Waals surface area (Å²) >= 11 is 5.59. The van der Waals surface area contributed by atoms with E-state index in [4.69, 9.17) is 12.2 Å². The van der Waals surface area contributed by atoms with Crippen LogP contribution < -0.4 is 5.32 Å². The molecule has 1 fully saturated rings. The van der Waals surface area contributed by atoms with E-state index in [2.05, 4.69) is 15.2 Å². The van der Waals surface area contributed by atoms with Crippen molar-refractivity contribution in [3.05, 3.63) is 59.9 Å². The van der Waals surface area contributed by atoms with E-state index in [1.807, 2.05) is 48.8 Å². The predicted molar refractivity (Wildman–Crippen MR) is 95.6 cm³/mol. The third-order valence-corrected chi connectivity index (χ3v) is 4.48. The Morgan fingerprint density at radius 3 is 2.57 bits per heavy atom. The second-order valence-electron chi connectivity index (χ2n) is 5.70. The normalized spacial score (nSPS) is 17.1. The van der Waals surface area contributed by atoms with Crippen molar-refractivity contribution in [2.75, 3.05) is 11.9 Å². The van der Waals surface area contributed by atoms with Crippen molar-refractivity contribution in [2.45, 2.75) is 25.8 Å². The van der Waals surface area contributed by atoms with Crippen LogP contribution in [-0.4, -0.2) is 27.3 Å². The molecule has 0 aliphatic carbocycles. The average molecular weight is 325 g/mol. The lowest BCUT2D eigenvalue weighted by molar-refractivity contribution is 0.101. The molecule has 0 bridgehead atoms. The monoisotopic (exact) mass is 325 g/mol. The van der Waals surface area contributed by atoms with Crippen molar-refractivity contribution in [3.63, 3.8) is 0 Å². The van der Waals surface area contributed by atoms with Crippen molar-refractivity contribution < 1.29 is 4.79 Å². The number of rotatable bonds is 3. The molecule has 4 nitrogen and oxygen atoms in total. The van der Waals surface area contributed by atoms with Gasteiger partial charge in [-0.25, -0.2) is 0 Å². The highest BCUT2D eigenvalue weighted by Crippen LogP contribution is 2.32. The van der Waals surface area contributed by atoms with E-state index >= 15 is 0 Å². The van der Waals surface area contributed by atoms with E-state index < -0.39 is 0 Å². The standard InChI is InChI=1S/C18H19N3OS/c1-13(22)14-4-6-16(7-5-14)20-18(23)21-12-2-3-17(21)15-8-10-19-11-9-15/h4-11,17H,2-3,12H2,1H3,(H,20,23)/t17-/m1/s1. The van der Waals surface area contributed by atoms with Crippen LogP contribution in [0.5, 0.6) is 0 Å². The minimum atomic E-state index is 0.0661. The maximum atomic E-state index is 11.3. The van der Waals surface area contributed by atoms with Gasteiger partial charge in [0.05, 0.1) is 6.04 Å². The number of carbonyl (C=O) groups excluding carboxylic acids is 1. The van der Waals surface area contributed by atoms with Crippen molar-refractivity contribution in [1.82, 2.24) is 9.88 Å². The highest BCUT2D eigenvalue weighted by Gasteiger charge is 2.27. The molecular weight excluding hydrogens is 306 g/mol. The first-order chi connectivity index (χ1) is 11.1. The number of nitrogens with zero attached hydrogens (tertiary/aromatic N) is 2. The van der Waals surface area contributed by atoms with E-state index in [9.17, 15) is 4.79 Å². The zero-order valence-electron chi connectivity index (χ0n) is 13.0. The van der Waals surface area contributed by atoms with Gasteiger partial charge in [0.25, 0.3) is 0 Å². The predicted octanol–water partition coefficient (Wildman–Crippen LogP) is 3.82. The highest BCUT2D eigenvalue weighted by molar-refractivity contribution is 7.80. The molecule has 5 heteroatoms. The Kier molecular flexibility index (Phi) is 4.67. The van der Waals surface area contributed by atoms with Gasteiger partial charge in [-0.2, -0.15) is 0 Å². The summed E-state index contributed by atoms with van der Waals surface area (Å²) in [5, 5.41) is 4.00. The van der Waals surface area contributed by atoms with Gasteiger partial charge < -0.3 is 10.2 Å². The van der Waals surface area contributed by atoms with Crippen LogP contribution in [0, 0.1) is 0 Å². The first kappa shape index (κ1) is 15.6. The molecule has 3 rings (SSSR count). The molecule has 2 aromatic rings. The number of pyridine rings is 1. The molecule has 0 spiro atoms. The molecule has 1 aliphatic heterocycles. The van der Waals surface area contributed by atoms with Crippen molar-refractivity contribution in [2.24, 2.45) is 0 Å². The summed E-state index contributed by atoms with van der Waals surface area (Å²) in [6.07, 6.45) is 5.86. The number of aromatic nitrogens is 1. The highest BCUT2D eigenvalue weighted by atomic mass is 32.1. The summed E-state index contributed by atoms with van der Waals surface area (Å²) in [5.74, 6) is 0.0661. The fourth-order valence-corrected chi connectivity index (χ4v) is 3.26. The van der Waals surface area contributed by atoms with Crippen LogP contribution in [0.4, 0.5) is 5.69 Å². The number of Topliss-reactive ketones (excluding diaryl/α,β-unsaturated/α-hetero) is 1. The van der Waals surface area contributed by atoms with Gasteiger partial charge in [-0.05, 0) is 73.9 Å². The lowest BCUT2D eigenvalue weighted by atomic mass is 10.1. The third kappa shape index (κ3) is 3.56. The summed E-state index contributed by atoms with van der Waals surface area (Å²) in [5.41, 5.74) is 2.85. The number of hydrogen-bond donors (Lipinski definition) is 1. The van der Waals surface area contributed by atoms with Crippen LogP contribution in [0.2, 0.25) is 0 Å². The molecule has 1 atom stereocenters. The molecule has 1 saturated heterocycles. The summed E-state index contributed by atoms with van der Waals surface area (Å²) in [7, 11) is 0. The zero-order chi connectivity index (χ0) is 16.2. The Hall–Kier alpha value is -2.27. The fourth-order valence-electron chi connectivity index (χ4n) is 2.93. The minimum Gasteiger partial charge on any atom is -0.342 e. The molecule has 23 heavy (non-hydrogen) atoms. The van der Waals surface area contributed by atoms with Gasteiger partial charge in [-0.3, -0.25) is 9.78 Å². The SMILES string of the molecule is CC(=O)c1ccc(NC(=S)N2CCC[C@@H]2c2ccncc2)cc1. The zero-order valence-corrected chi connectivity index (χ0v) is 13.8. The molecule has 0 radical (unpaired) electrons. The number of carbonyl (C=O) groups is 1. The topological polar surface area (TPSA) is 45.2 Å². The van der Waals surface area contributed by atoms with Gasteiger partial charge >= 0.3 is 0 Å². The summed E-state index contributed by atoms with van der Waals surface area (Å²) in [6.45, 7) is 2.51. The molecule has 1 aromatic carbocycles. The first-order valence-corrected chi connectivity index (χ1v) is 8.14. The van der Waals surface area contributed by atoms with E-state index in [1.54, 1.807) is 6.92 Å². The Labute approximate surface area is 141 Å². The van der Waals surface area contributed by atoms with E-state index in [-0.39, 0.29) is 5.78 Å². The molecule has 1 aliphatic rings.